The molecule has 1 aromatic carbocycles. The molecule has 23 heavy (non-hydrogen) atoms. The Hall–Kier alpha value is -2.57. The molecule has 0 aliphatic carbocycles. The molecule has 0 radical (unpaired) electrons. The number of ether oxygens (including phenoxy) is 2. The van der Waals surface area contributed by atoms with E-state index in [4.69, 9.17) is 9.47 Å². The van der Waals surface area contributed by atoms with Gasteiger partial charge in [-0.2, -0.15) is 0 Å². The highest BCUT2D eigenvalue weighted by molar-refractivity contribution is 5.77. The van der Waals surface area contributed by atoms with Crippen molar-refractivity contribution < 1.29 is 14.3 Å². The number of likely N-dealkylation sites (tertiary alicyclic amines) is 1. The fourth-order valence-corrected chi connectivity index (χ4v) is 2.52. The Morgan fingerprint density at radius 1 is 1.30 bits per heavy atom. The van der Waals surface area contributed by atoms with Crippen LogP contribution in [-0.2, 0) is 18.3 Å². The van der Waals surface area contributed by atoms with Gasteiger partial charge in [0, 0.05) is 19.9 Å². The zero-order valence-corrected chi connectivity index (χ0v) is 13.3. The number of rotatable bonds is 6. The van der Waals surface area contributed by atoms with Crippen molar-refractivity contribution in [3.63, 3.8) is 0 Å². The number of aromatic nitrogens is 3. The molecule has 7 heteroatoms. The molecule has 1 aliphatic rings. The Morgan fingerprint density at radius 3 is 2.70 bits per heavy atom. The van der Waals surface area contributed by atoms with E-state index in [0.29, 0.717) is 37.4 Å². The van der Waals surface area contributed by atoms with E-state index < -0.39 is 0 Å². The van der Waals surface area contributed by atoms with Gasteiger partial charge in [0.05, 0.1) is 20.2 Å². The molecule has 2 heterocycles. The summed E-state index contributed by atoms with van der Waals surface area (Å²) in [5.41, 5.74) is 0. The second-order valence-electron chi connectivity index (χ2n) is 5.55. The second kappa shape index (κ2) is 6.68. The number of hydrogen-bond donors (Lipinski definition) is 0. The van der Waals surface area contributed by atoms with Gasteiger partial charge >= 0.3 is 0 Å². The van der Waals surface area contributed by atoms with Gasteiger partial charge < -0.3 is 18.9 Å². The van der Waals surface area contributed by atoms with Gasteiger partial charge in [0.15, 0.2) is 11.5 Å². The predicted molar refractivity (Wildman–Crippen MR) is 83.3 cm³/mol. The van der Waals surface area contributed by atoms with E-state index in [-0.39, 0.29) is 12.0 Å². The van der Waals surface area contributed by atoms with Crippen LogP contribution in [0.25, 0.3) is 0 Å². The van der Waals surface area contributed by atoms with Crippen LogP contribution in [0.4, 0.5) is 0 Å². The summed E-state index contributed by atoms with van der Waals surface area (Å²) < 4.78 is 13.0. The molecule has 1 fully saturated rings. The topological polar surface area (TPSA) is 69.5 Å². The van der Waals surface area contributed by atoms with E-state index in [9.17, 15) is 4.79 Å². The van der Waals surface area contributed by atoms with Crippen molar-refractivity contribution in [3.8, 4) is 11.5 Å². The van der Waals surface area contributed by atoms with E-state index >= 15 is 0 Å². The van der Waals surface area contributed by atoms with Gasteiger partial charge in [-0.05, 0) is 12.1 Å². The molecule has 1 amide bonds. The first-order chi connectivity index (χ1) is 11.2. The van der Waals surface area contributed by atoms with Crippen LogP contribution in [-0.4, -0.2) is 51.9 Å². The van der Waals surface area contributed by atoms with Crippen molar-refractivity contribution >= 4 is 5.91 Å². The van der Waals surface area contributed by atoms with Crippen molar-refractivity contribution in [3.05, 3.63) is 36.4 Å². The second-order valence-corrected chi connectivity index (χ2v) is 5.55. The Labute approximate surface area is 134 Å². The normalized spacial score (nSPS) is 14.4. The quantitative estimate of drug-likeness (QED) is 0.796. The largest absolute Gasteiger partial charge is 0.493 e. The monoisotopic (exact) mass is 316 g/mol. The van der Waals surface area contributed by atoms with Gasteiger partial charge in [-0.25, -0.2) is 0 Å². The molecule has 1 aromatic heterocycles. The molecule has 0 saturated carbocycles. The first-order valence-electron chi connectivity index (χ1n) is 7.57. The van der Waals surface area contributed by atoms with Crippen molar-refractivity contribution in [1.29, 1.82) is 0 Å². The van der Waals surface area contributed by atoms with Crippen molar-refractivity contribution in [2.45, 2.75) is 18.9 Å². The smallest absolute Gasteiger partial charge is 0.223 e. The molecule has 1 aliphatic heterocycles. The van der Waals surface area contributed by atoms with Crippen LogP contribution >= 0.6 is 0 Å². The lowest BCUT2D eigenvalue weighted by Gasteiger charge is -2.39. The van der Waals surface area contributed by atoms with E-state index in [2.05, 4.69) is 10.2 Å². The highest BCUT2D eigenvalue weighted by atomic mass is 16.5. The molecule has 0 atom stereocenters. The summed E-state index contributed by atoms with van der Waals surface area (Å²) in [7, 11) is 3.49. The van der Waals surface area contributed by atoms with E-state index in [1.54, 1.807) is 18.3 Å². The van der Waals surface area contributed by atoms with Crippen LogP contribution in [0, 0.1) is 0 Å². The molecule has 122 valence electrons. The molecule has 2 aromatic rings. The predicted octanol–water partition coefficient (Wildman–Crippen LogP) is 1.05. The van der Waals surface area contributed by atoms with Crippen molar-refractivity contribution in [1.82, 2.24) is 19.7 Å². The van der Waals surface area contributed by atoms with Crippen molar-refractivity contribution in [2.75, 3.05) is 20.2 Å². The van der Waals surface area contributed by atoms with E-state index in [1.165, 1.54) is 0 Å². The number of amides is 1. The SMILES string of the molecule is COc1ccccc1OC1CN(C(=O)CCc2nncn2C)C1. The lowest BCUT2D eigenvalue weighted by Crippen LogP contribution is -2.56. The van der Waals surface area contributed by atoms with Gasteiger partial charge in [-0.1, -0.05) is 12.1 Å². The van der Waals surface area contributed by atoms with Gasteiger partial charge in [0.2, 0.25) is 5.91 Å². The highest BCUT2D eigenvalue weighted by Gasteiger charge is 2.32. The van der Waals surface area contributed by atoms with Crippen LogP contribution in [0.3, 0.4) is 0 Å². The Kier molecular flexibility index (Phi) is 4.45. The summed E-state index contributed by atoms with van der Waals surface area (Å²) >= 11 is 0. The summed E-state index contributed by atoms with van der Waals surface area (Å²) in [6.45, 7) is 1.21. The maximum absolute atomic E-state index is 12.1. The van der Waals surface area contributed by atoms with Crippen LogP contribution in [0.15, 0.2) is 30.6 Å². The zero-order chi connectivity index (χ0) is 16.2. The van der Waals surface area contributed by atoms with Crippen LogP contribution < -0.4 is 9.47 Å². The van der Waals surface area contributed by atoms with Gasteiger partial charge in [0.25, 0.3) is 0 Å². The molecular formula is C16H20N4O3. The summed E-state index contributed by atoms with van der Waals surface area (Å²) in [6, 6.07) is 7.53. The number of hydrogen-bond acceptors (Lipinski definition) is 5. The highest BCUT2D eigenvalue weighted by Crippen LogP contribution is 2.28. The number of aryl methyl sites for hydroxylation is 2. The lowest BCUT2D eigenvalue weighted by atomic mass is 10.1. The Morgan fingerprint density at radius 2 is 2.04 bits per heavy atom. The molecule has 1 saturated heterocycles. The molecule has 0 N–H and O–H groups in total. The third-order valence-electron chi connectivity index (χ3n) is 3.93. The number of nitrogens with zero attached hydrogens (tertiary/aromatic N) is 4. The number of methoxy groups -OCH3 is 1. The average molecular weight is 316 g/mol. The molecule has 0 unspecified atom stereocenters. The van der Waals surface area contributed by atoms with Gasteiger partial charge in [-0.15, -0.1) is 10.2 Å². The van der Waals surface area contributed by atoms with Crippen LogP contribution in [0.1, 0.15) is 12.2 Å². The average Bonchev–Trinajstić information content (AvgIpc) is 2.93. The first kappa shape index (κ1) is 15.3. The maximum Gasteiger partial charge on any atom is 0.223 e. The lowest BCUT2D eigenvalue weighted by molar-refractivity contribution is -0.140. The fraction of sp³-hybridized carbons (Fsp3) is 0.438. The first-order valence-corrected chi connectivity index (χ1v) is 7.57. The standard InChI is InChI=1S/C16H20N4O3/c1-19-11-17-18-15(19)7-8-16(21)20-9-12(10-20)23-14-6-4-3-5-13(14)22-2/h3-6,11-12H,7-10H2,1-2H3. The Balaban J connectivity index is 1.45. The third-order valence-corrected chi connectivity index (χ3v) is 3.93. The molecular weight excluding hydrogens is 296 g/mol. The van der Waals surface area contributed by atoms with Crippen LogP contribution in [0.2, 0.25) is 0 Å². The zero-order valence-electron chi connectivity index (χ0n) is 13.3. The van der Waals surface area contributed by atoms with Gasteiger partial charge in [0.1, 0.15) is 18.3 Å². The van der Waals surface area contributed by atoms with Crippen LogP contribution in [0.5, 0.6) is 11.5 Å². The summed E-state index contributed by atoms with van der Waals surface area (Å²) in [6.07, 6.45) is 2.70. The minimum absolute atomic E-state index is 0.0186. The van der Waals surface area contributed by atoms with E-state index in [1.807, 2.05) is 35.9 Å². The summed E-state index contributed by atoms with van der Waals surface area (Å²) in [5.74, 6) is 2.36. The molecule has 0 bridgehead atoms. The summed E-state index contributed by atoms with van der Waals surface area (Å²) in [5, 5.41) is 7.79. The van der Waals surface area contributed by atoms with E-state index in [0.717, 1.165) is 5.82 Å². The fourth-order valence-electron chi connectivity index (χ4n) is 2.52. The maximum atomic E-state index is 12.1. The number of carbonyl (C=O) groups excluding carboxylic acids is 1. The number of benzene rings is 1. The van der Waals surface area contributed by atoms with Crippen molar-refractivity contribution in [2.24, 2.45) is 7.05 Å². The number of para-hydroxylation sites is 2. The van der Waals surface area contributed by atoms with Gasteiger partial charge in [-0.3, -0.25) is 4.79 Å². The Bertz CT molecular complexity index is 679. The minimum atomic E-state index is 0.0186. The molecule has 3 rings (SSSR count). The molecule has 0 spiro atoms. The summed E-state index contributed by atoms with van der Waals surface area (Å²) in [4.78, 5) is 13.9. The number of carbonyl (C=O) groups is 1. The third kappa shape index (κ3) is 3.44. The molecule has 7 nitrogen and oxygen atoms in total. The minimum Gasteiger partial charge on any atom is -0.493 e.